The van der Waals surface area contributed by atoms with E-state index in [9.17, 15) is 9.59 Å². The third-order valence-corrected chi connectivity index (χ3v) is 4.84. The lowest BCUT2D eigenvalue weighted by Gasteiger charge is -2.16. The maximum atomic E-state index is 12.4. The zero-order valence-electron chi connectivity index (χ0n) is 14.4. The summed E-state index contributed by atoms with van der Waals surface area (Å²) in [5.41, 5.74) is 1.86. The van der Waals surface area contributed by atoms with Crippen LogP contribution in [-0.4, -0.2) is 37.2 Å². The number of hydrogen-bond acceptors (Lipinski definition) is 4. The monoisotopic (exact) mass is 373 g/mol. The number of rotatable bonds is 4. The number of likely N-dealkylation sites (tertiary alicyclic amines) is 1. The molecular formula is C20H20ClNO4. The van der Waals surface area contributed by atoms with Gasteiger partial charge in [-0.1, -0.05) is 54.1 Å². The van der Waals surface area contributed by atoms with Gasteiger partial charge in [0.2, 0.25) is 0 Å². The average Bonchev–Trinajstić information content (AvgIpc) is 3.12. The molecule has 1 heterocycles. The number of halogens is 1. The predicted molar refractivity (Wildman–Crippen MR) is 97.9 cm³/mol. The van der Waals surface area contributed by atoms with Gasteiger partial charge in [0.1, 0.15) is 6.61 Å². The molecule has 0 radical (unpaired) electrons. The van der Waals surface area contributed by atoms with Gasteiger partial charge in [0, 0.05) is 24.0 Å². The highest BCUT2D eigenvalue weighted by Gasteiger charge is 2.41. The van der Waals surface area contributed by atoms with Crippen LogP contribution >= 0.6 is 11.6 Å². The van der Waals surface area contributed by atoms with E-state index in [1.807, 2.05) is 42.5 Å². The van der Waals surface area contributed by atoms with Gasteiger partial charge in [-0.2, -0.15) is 0 Å². The molecule has 5 nitrogen and oxygen atoms in total. The van der Waals surface area contributed by atoms with Crippen LogP contribution in [0.1, 0.15) is 17.0 Å². The van der Waals surface area contributed by atoms with E-state index in [2.05, 4.69) is 0 Å². The molecule has 1 amide bonds. The normalized spacial score (nSPS) is 19.2. The average molecular weight is 374 g/mol. The van der Waals surface area contributed by atoms with E-state index in [1.165, 1.54) is 7.11 Å². The summed E-state index contributed by atoms with van der Waals surface area (Å²) < 4.78 is 10.3. The van der Waals surface area contributed by atoms with Crippen LogP contribution < -0.4 is 0 Å². The van der Waals surface area contributed by atoms with Gasteiger partial charge in [-0.05, 0) is 23.3 Å². The van der Waals surface area contributed by atoms with E-state index in [1.54, 1.807) is 17.0 Å². The van der Waals surface area contributed by atoms with Gasteiger partial charge in [0.05, 0.1) is 13.0 Å². The largest absolute Gasteiger partial charge is 0.469 e. The fraction of sp³-hybridized carbons (Fsp3) is 0.300. The van der Waals surface area contributed by atoms with Crippen LogP contribution in [0.4, 0.5) is 4.79 Å². The third kappa shape index (κ3) is 4.17. The second-order valence-corrected chi connectivity index (χ2v) is 6.67. The third-order valence-electron chi connectivity index (χ3n) is 4.59. The molecule has 1 fully saturated rings. The molecule has 1 aliphatic rings. The number of carbonyl (C=O) groups is 2. The Kier molecular flexibility index (Phi) is 5.78. The zero-order valence-corrected chi connectivity index (χ0v) is 15.2. The van der Waals surface area contributed by atoms with E-state index in [0.29, 0.717) is 11.6 Å². The zero-order chi connectivity index (χ0) is 18.5. The van der Waals surface area contributed by atoms with E-state index in [-0.39, 0.29) is 25.0 Å². The Morgan fingerprint density at radius 2 is 1.77 bits per heavy atom. The second kappa shape index (κ2) is 8.23. The number of esters is 1. The van der Waals surface area contributed by atoms with Crippen LogP contribution in [0.15, 0.2) is 54.6 Å². The molecular weight excluding hydrogens is 354 g/mol. The van der Waals surface area contributed by atoms with Crippen molar-refractivity contribution in [1.29, 1.82) is 0 Å². The molecule has 0 aliphatic carbocycles. The van der Waals surface area contributed by atoms with Gasteiger partial charge in [0.15, 0.2) is 0 Å². The topological polar surface area (TPSA) is 55.8 Å². The Morgan fingerprint density at radius 3 is 2.42 bits per heavy atom. The van der Waals surface area contributed by atoms with Gasteiger partial charge in [0.25, 0.3) is 0 Å². The highest BCUT2D eigenvalue weighted by Crippen LogP contribution is 2.34. The van der Waals surface area contributed by atoms with Crippen LogP contribution in [0.2, 0.25) is 5.02 Å². The van der Waals surface area contributed by atoms with Gasteiger partial charge < -0.3 is 14.4 Å². The minimum atomic E-state index is -0.431. The molecule has 6 heteroatoms. The Labute approximate surface area is 157 Å². The van der Waals surface area contributed by atoms with Crippen LogP contribution in [-0.2, 0) is 20.9 Å². The van der Waals surface area contributed by atoms with Crippen molar-refractivity contribution < 1.29 is 19.1 Å². The molecule has 1 aliphatic heterocycles. The smallest absolute Gasteiger partial charge is 0.410 e. The molecule has 3 rings (SSSR count). The minimum absolute atomic E-state index is 0.149. The van der Waals surface area contributed by atoms with E-state index < -0.39 is 12.0 Å². The Bertz CT molecular complexity index is 763. The lowest BCUT2D eigenvalue weighted by Crippen LogP contribution is -2.30. The van der Waals surface area contributed by atoms with Crippen molar-refractivity contribution in [3.8, 4) is 0 Å². The summed E-state index contributed by atoms with van der Waals surface area (Å²) in [6.07, 6.45) is -0.431. The van der Waals surface area contributed by atoms with Crippen molar-refractivity contribution >= 4 is 23.7 Å². The van der Waals surface area contributed by atoms with Crippen LogP contribution in [0.3, 0.4) is 0 Å². The van der Waals surface area contributed by atoms with E-state index in [0.717, 1.165) is 11.1 Å². The van der Waals surface area contributed by atoms with Crippen molar-refractivity contribution in [3.63, 3.8) is 0 Å². The lowest BCUT2D eigenvalue weighted by atomic mass is 9.89. The summed E-state index contributed by atoms with van der Waals surface area (Å²) in [5, 5.41) is 0.625. The number of ether oxygens (including phenoxy) is 2. The molecule has 26 heavy (non-hydrogen) atoms. The minimum Gasteiger partial charge on any atom is -0.469 e. The number of carbonyl (C=O) groups excluding carboxylic acids is 2. The molecule has 2 atom stereocenters. The summed E-state index contributed by atoms with van der Waals surface area (Å²) in [7, 11) is 1.36. The quantitative estimate of drug-likeness (QED) is 0.763. The van der Waals surface area contributed by atoms with Crippen molar-refractivity contribution in [2.75, 3.05) is 20.2 Å². The van der Waals surface area contributed by atoms with Crippen LogP contribution in [0.25, 0.3) is 0 Å². The number of benzene rings is 2. The SMILES string of the molecule is COC(=O)[C@H]1CN(C(=O)OCc2ccccc2)C[C@@H]1c1ccc(Cl)cc1. The molecule has 0 aromatic heterocycles. The first kappa shape index (κ1) is 18.3. The molecule has 0 saturated carbocycles. The van der Waals surface area contributed by atoms with Crippen molar-refractivity contribution in [1.82, 2.24) is 4.90 Å². The molecule has 2 aromatic carbocycles. The molecule has 0 N–H and O–H groups in total. The lowest BCUT2D eigenvalue weighted by molar-refractivity contribution is -0.145. The Morgan fingerprint density at radius 1 is 1.08 bits per heavy atom. The molecule has 0 unspecified atom stereocenters. The highest BCUT2D eigenvalue weighted by atomic mass is 35.5. The van der Waals surface area contributed by atoms with Crippen molar-refractivity contribution in [2.24, 2.45) is 5.92 Å². The fourth-order valence-electron chi connectivity index (χ4n) is 3.20. The molecule has 136 valence electrons. The van der Waals surface area contributed by atoms with E-state index >= 15 is 0 Å². The van der Waals surface area contributed by atoms with Gasteiger partial charge in [-0.25, -0.2) is 4.79 Å². The molecule has 0 bridgehead atoms. The first-order valence-corrected chi connectivity index (χ1v) is 8.75. The first-order chi connectivity index (χ1) is 12.6. The predicted octanol–water partition coefficient (Wildman–Crippen LogP) is 3.87. The summed E-state index contributed by atoms with van der Waals surface area (Å²) in [6.45, 7) is 0.868. The number of nitrogens with zero attached hydrogens (tertiary/aromatic N) is 1. The Hall–Kier alpha value is -2.53. The van der Waals surface area contributed by atoms with Crippen molar-refractivity contribution in [2.45, 2.75) is 12.5 Å². The Balaban J connectivity index is 1.70. The standard InChI is InChI=1S/C20H20ClNO4/c1-25-19(23)18-12-22(11-17(18)15-7-9-16(21)10-8-15)20(24)26-13-14-5-3-2-4-6-14/h2-10,17-18H,11-13H2,1H3/t17-,18+/m1/s1. The van der Waals surface area contributed by atoms with E-state index in [4.69, 9.17) is 21.1 Å². The molecule has 2 aromatic rings. The van der Waals surface area contributed by atoms with Gasteiger partial charge >= 0.3 is 12.1 Å². The summed E-state index contributed by atoms with van der Waals surface area (Å²) in [4.78, 5) is 26.2. The second-order valence-electron chi connectivity index (χ2n) is 6.23. The highest BCUT2D eigenvalue weighted by molar-refractivity contribution is 6.30. The summed E-state index contributed by atoms with van der Waals surface area (Å²) >= 11 is 5.95. The summed E-state index contributed by atoms with van der Waals surface area (Å²) in [6, 6.07) is 16.8. The first-order valence-electron chi connectivity index (χ1n) is 8.37. The van der Waals surface area contributed by atoms with Crippen LogP contribution in [0.5, 0.6) is 0 Å². The number of methoxy groups -OCH3 is 1. The van der Waals surface area contributed by atoms with Gasteiger partial charge in [-0.15, -0.1) is 0 Å². The van der Waals surface area contributed by atoms with Crippen LogP contribution in [0, 0.1) is 5.92 Å². The number of hydrogen-bond donors (Lipinski definition) is 0. The maximum Gasteiger partial charge on any atom is 0.410 e. The fourth-order valence-corrected chi connectivity index (χ4v) is 3.33. The summed E-state index contributed by atoms with van der Waals surface area (Å²) in [5.74, 6) is -0.905. The van der Waals surface area contributed by atoms with Gasteiger partial charge in [-0.3, -0.25) is 4.79 Å². The van der Waals surface area contributed by atoms with Crippen molar-refractivity contribution in [3.05, 3.63) is 70.7 Å². The molecule has 1 saturated heterocycles. The molecule has 0 spiro atoms. The maximum absolute atomic E-state index is 12.4. The number of amides is 1.